The maximum Gasteiger partial charge on any atom is 0.155 e. The third-order valence-corrected chi connectivity index (χ3v) is 8.26. The Hall–Kier alpha value is -0.890. The standard InChI is InChI=1S/C21H30O2/c1-4-21-10-9-17-16-8-6-15(22)12-14(16)5-7-18(17)19(21)11-13(2)20(21,3)23/h12,16-19,23H,2,4-11H2,1,3H3/t16?,17?,18?,19?,20-,21?/m0/s1. The van der Waals surface area contributed by atoms with Gasteiger partial charge in [-0.15, -0.1) is 0 Å². The average Bonchev–Trinajstić information content (AvgIpc) is 2.74. The topological polar surface area (TPSA) is 37.3 Å². The number of ketones is 1. The second-order valence-corrected chi connectivity index (χ2v) is 8.73. The zero-order chi connectivity index (χ0) is 16.4. The molecule has 23 heavy (non-hydrogen) atoms. The summed E-state index contributed by atoms with van der Waals surface area (Å²) in [5.74, 6) is 3.01. The smallest absolute Gasteiger partial charge is 0.155 e. The van der Waals surface area contributed by atoms with Gasteiger partial charge in [-0.1, -0.05) is 19.1 Å². The molecule has 5 unspecified atom stereocenters. The highest BCUT2D eigenvalue weighted by Gasteiger charge is 2.63. The zero-order valence-electron chi connectivity index (χ0n) is 14.6. The lowest BCUT2D eigenvalue weighted by molar-refractivity contribution is -0.118. The molecule has 6 atom stereocenters. The van der Waals surface area contributed by atoms with E-state index in [0.717, 1.165) is 50.0 Å². The fourth-order valence-electron chi connectivity index (χ4n) is 6.95. The Morgan fingerprint density at radius 3 is 2.78 bits per heavy atom. The van der Waals surface area contributed by atoms with Gasteiger partial charge in [-0.3, -0.25) is 4.79 Å². The van der Waals surface area contributed by atoms with E-state index in [1.54, 1.807) is 0 Å². The largest absolute Gasteiger partial charge is 0.385 e. The number of hydrogen-bond donors (Lipinski definition) is 1. The summed E-state index contributed by atoms with van der Waals surface area (Å²) in [4.78, 5) is 11.8. The minimum Gasteiger partial charge on any atom is -0.385 e. The van der Waals surface area contributed by atoms with Crippen molar-refractivity contribution in [2.75, 3.05) is 0 Å². The third-order valence-electron chi connectivity index (χ3n) is 8.26. The van der Waals surface area contributed by atoms with Crippen molar-refractivity contribution in [3.63, 3.8) is 0 Å². The lowest BCUT2D eigenvalue weighted by Crippen LogP contribution is -2.53. The summed E-state index contributed by atoms with van der Waals surface area (Å²) in [6.45, 7) is 8.53. The summed E-state index contributed by atoms with van der Waals surface area (Å²) in [6.07, 6.45) is 10.5. The molecule has 0 radical (unpaired) electrons. The first-order valence-electron chi connectivity index (χ1n) is 9.54. The molecule has 3 fully saturated rings. The minimum absolute atomic E-state index is 0.0386. The summed E-state index contributed by atoms with van der Waals surface area (Å²) in [5.41, 5.74) is 1.84. The van der Waals surface area contributed by atoms with E-state index in [9.17, 15) is 9.90 Å². The minimum atomic E-state index is -0.698. The van der Waals surface area contributed by atoms with Gasteiger partial charge in [0.25, 0.3) is 0 Å². The van der Waals surface area contributed by atoms with Gasteiger partial charge in [0.1, 0.15) is 0 Å². The molecule has 0 saturated heterocycles. The Kier molecular flexibility index (Phi) is 3.43. The highest BCUT2D eigenvalue weighted by Crippen LogP contribution is 2.67. The van der Waals surface area contributed by atoms with Crippen molar-refractivity contribution < 1.29 is 9.90 Å². The SMILES string of the molecule is C=C1CC2C3CCC4=CC(=O)CCC4C3CCC2(CC)[C@@]1(C)O. The van der Waals surface area contributed by atoms with Crippen LogP contribution in [0.1, 0.15) is 65.2 Å². The number of aliphatic hydroxyl groups is 1. The molecule has 2 heteroatoms. The van der Waals surface area contributed by atoms with Gasteiger partial charge >= 0.3 is 0 Å². The van der Waals surface area contributed by atoms with Crippen LogP contribution in [0.3, 0.4) is 0 Å². The lowest BCUT2D eigenvalue weighted by Gasteiger charge is -2.56. The molecule has 2 nitrogen and oxygen atoms in total. The average molecular weight is 314 g/mol. The van der Waals surface area contributed by atoms with Gasteiger partial charge in [0.05, 0.1) is 5.60 Å². The van der Waals surface area contributed by atoms with E-state index >= 15 is 0 Å². The van der Waals surface area contributed by atoms with Gasteiger partial charge in [-0.2, -0.15) is 0 Å². The predicted octanol–water partition coefficient (Wildman–Crippen LogP) is 4.44. The van der Waals surface area contributed by atoms with E-state index in [1.807, 2.05) is 13.0 Å². The fourth-order valence-corrected chi connectivity index (χ4v) is 6.95. The Bertz CT molecular complexity index is 585. The molecule has 0 aromatic rings. The molecule has 0 heterocycles. The van der Waals surface area contributed by atoms with Gasteiger partial charge in [-0.25, -0.2) is 0 Å². The normalized spacial score (nSPS) is 49.3. The molecule has 0 aliphatic heterocycles. The summed E-state index contributed by atoms with van der Waals surface area (Å²) in [7, 11) is 0. The first-order chi connectivity index (χ1) is 10.9. The maximum absolute atomic E-state index is 11.8. The van der Waals surface area contributed by atoms with Crippen LogP contribution in [0.5, 0.6) is 0 Å². The first kappa shape index (κ1) is 15.6. The fraction of sp³-hybridized carbons (Fsp3) is 0.762. The summed E-state index contributed by atoms with van der Waals surface area (Å²) in [5, 5.41) is 11.2. The lowest BCUT2D eigenvalue weighted by atomic mass is 9.49. The van der Waals surface area contributed by atoms with Crippen molar-refractivity contribution in [1.82, 2.24) is 0 Å². The molecule has 4 aliphatic carbocycles. The molecule has 4 rings (SSSR count). The number of allylic oxidation sites excluding steroid dienone is 1. The monoisotopic (exact) mass is 314 g/mol. The Morgan fingerprint density at radius 2 is 2.04 bits per heavy atom. The number of fused-ring (bicyclic) bond motifs is 5. The van der Waals surface area contributed by atoms with Crippen molar-refractivity contribution >= 4 is 5.78 Å². The van der Waals surface area contributed by atoms with E-state index in [4.69, 9.17) is 0 Å². The quantitative estimate of drug-likeness (QED) is 0.727. The molecule has 4 aliphatic rings. The van der Waals surface area contributed by atoms with Crippen LogP contribution in [-0.4, -0.2) is 16.5 Å². The Labute approximate surface area is 140 Å². The number of carbonyl (C=O) groups is 1. The number of carbonyl (C=O) groups excluding carboxylic acids is 1. The predicted molar refractivity (Wildman–Crippen MR) is 91.9 cm³/mol. The van der Waals surface area contributed by atoms with Gasteiger partial charge < -0.3 is 5.11 Å². The molecule has 0 aromatic heterocycles. The number of hydrogen-bond acceptors (Lipinski definition) is 2. The second kappa shape index (κ2) is 5.05. The molecule has 126 valence electrons. The molecule has 0 aromatic carbocycles. The molecule has 0 bridgehead atoms. The molecular formula is C21H30O2. The van der Waals surface area contributed by atoms with Crippen molar-refractivity contribution in [2.24, 2.45) is 29.1 Å². The van der Waals surface area contributed by atoms with Crippen LogP contribution in [0, 0.1) is 29.1 Å². The van der Waals surface area contributed by atoms with E-state index in [-0.39, 0.29) is 5.41 Å². The van der Waals surface area contributed by atoms with Crippen molar-refractivity contribution in [1.29, 1.82) is 0 Å². The summed E-state index contributed by atoms with van der Waals surface area (Å²) >= 11 is 0. The van der Waals surface area contributed by atoms with E-state index < -0.39 is 5.60 Å². The third kappa shape index (κ3) is 1.94. The van der Waals surface area contributed by atoms with Gasteiger partial charge in [0, 0.05) is 11.8 Å². The molecule has 1 N–H and O–H groups in total. The van der Waals surface area contributed by atoms with Crippen molar-refractivity contribution in [3.05, 3.63) is 23.8 Å². The molecule has 0 spiro atoms. The second-order valence-electron chi connectivity index (χ2n) is 8.73. The summed E-state index contributed by atoms with van der Waals surface area (Å²) < 4.78 is 0. The van der Waals surface area contributed by atoms with Crippen molar-refractivity contribution in [2.45, 2.75) is 70.8 Å². The van der Waals surface area contributed by atoms with E-state index in [1.165, 1.54) is 18.4 Å². The molecular weight excluding hydrogens is 284 g/mol. The van der Waals surface area contributed by atoms with Crippen LogP contribution >= 0.6 is 0 Å². The van der Waals surface area contributed by atoms with E-state index in [2.05, 4.69) is 13.5 Å². The van der Waals surface area contributed by atoms with Gasteiger partial charge in [-0.05, 0) is 87.2 Å². The first-order valence-corrected chi connectivity index (χ1v) is 9.54. The Balaban J connectivity index is 1.69. The Morgan fingerprint density at radius 1 is 1.26 bits per heavy atom. The van der Waals surface area contributed by atoms with Crippen LogP contribution in [0.2, 0.25) is 0 Å². The highest BCUT2D eigenvalue weighted by atomic mass is 16.3. The number of rotatable bonds is 1. The molecule has 3 saturated carbocycles. The van der Waals surface area contributed by atoms with Gasteiger partial charge in [0.2, 0.25) is 0 Å². The molecule has 0 amide bonds. The van der Waals surface area contributed by atoms with E-state index in [0.29, 0.717) is 23.5 Å². The van der Waals surface area contributed by atoms with Crippen LogP contribution in [0.4, 0.5) is 0 Å². The van der Waals surface area contributed by atoms with Crippen LogP contribution in [-0.2, 0) is 4.79 Å². The van der Waals surface area contributed by atoms with Gasteiger partial charge in [0.15, 0.2) is 5.78 Å². The van der Waals surface area contributed by atoms with Crippen LogP contribution in [0.15, 0.2) is 23.8 Å². The zero-order valence-corrected chi connectivity index (χ0v) is 14.6. The van der Waals surface area contributed by atoms with Crippen LogP contribution in [0.25, 0.3) is 0 Å². The van der Waals surface area contributed by atoms with Crippen LogP contribution < -0.4 is 0 Å². The van der Waals surface area contributed by atoms with Crippen molar-refractivity contribution in [3.8, 4) is 0 Å². The summed E-state index contributed by atoms with van der Waals surface area (Å²) in [6, 6.07) is 0. The highest BCUT2D eigenvalue weighted by molar-refractivity contribution is 5.91. The maximum atomic E-state index is 11.8.